The Morgan fingerprint density at radius 2 is 1.70 bits per heavy atom. The zero-order chi connectivity index (χ0) is 27.1. The second-order valence-electron chi connectivity index (χ2n) is 10.3. The van der Waals surface area contributed by atoms with Crippen LogP contribution in [0.1, 0.15) is 30.7 Å². The number of nitrogens with one attached hydrogen (secondary N) is 1. The first-order chi connectivity index (χ1) is 19.7. The maximum absolute atomic E-state index is 5.09. The van der Waals surface area contributed by atoms with Crippen LogP contribution in [0.5, 0.6) is 0 Å². The van der Waals surface area contributed by atoms with Crippen LogP contribution in [-0.2, 0) is 32.3 Å². The SMILES string of the molecule is Cc1cc(CCCCCn2[c](=[Pt])n(-c3ccccc3)c3ncc(-c4cccc5c4sc4ccccc45)cc32)n[nH]1. The van der Waals surface area contributed by atoms with Crippen molar-refractivity contribution < 1.29 is 19.4 Å². The van der Waals surface area contributed by atoms with E-state index in [1.165, 1.54) is 35.1 Å². The Hall–Kier alpha value is -3.60. The Kier molecular flexibility index (Phi) is 6.82. The Bertz CT molecular complexity index is 2030. The zero-order valence-electron chi connectivity index (χ0n) is 22.2. The number of nitrogens with zero attached hydrogens (tertiary/aromatic N) is 4. The van der Waals surface area contributed by atoms with E-state index in [1.54, 1.807) is 0 Å². The zero-order valence-corrected chi connectivity index (χ0v) is 25.3. The van der Waals surface area contributed by atoms with Gasteiger partial charge in [-0.2, -0.15) is 0 Å². The Balaban J connectivity index is 1.28. The third-order valence-electron chi connectivity index (χ3n) is 7.53. The number of aromatic amines is 1. The molecular weight excluding hydrogens is 694 g/mol. The van der Waals surface area contributed by atoms with E-state index in [1.807, 2.05) is 17.5 Å². The summed E-state index contributed by atoms with van der Waals surface area (Å²) < 4.78 is 8.55. The van der Waals surface area contributed by atoms with Crippen LogP contribution < -0.4 is 0 Å². The summed E-state index contributed by atoms with van der Waals surface area (Å²) in [7, 11) is 0. The van der Waals surface area contributed by atoms with Crippen molar-refractivity contribution in [1.29, 1.82) is 0 Å². The van der Waals surface area contributed by atoms with Gasteiger partial charge in [0.15, 0.2) is 0 Å². The molecule has 7 aromatic rings. The molecule has 0 spiro atoms. The average Bonchev–Trinajstić information content (AvgIpc) is 3.66. The molecule has 0 aliphatic carbocycles. The minimum absolute atomic E-state index is 0.951. The number of benzene rings is 3. The van der Waals surface area contributed by atoms with Crippen molar-refractivity contribution in [1.82, 2.24) is 24.3 Å². The van der Waals surface area contributed by atoms with Crippen molar-refractivity contribution in [3.05, 3.63) is 106 Å². The summed E-state index contributed by atoms with van der Waals surface area (Å²) in [5.41, 5.74) is 8.00. The van der Waals surface area contributed by atoms with Crippen LogP contribution >= 0.6 is 11.3 Å². The van der Waals surface area contributed by atoms with Gasteiger partial charge in [-0.3, -0.25) is 0 Å². The molecule has 0 fully saturated rings. The first kappa shape index (κ1) is 25.4. The minimum atomic E-state index is 0.951. The van der Waals surface area contributed by atoms with Gasteiger partial charge in [-0.25, -0.2) is 0 Å². The predicted molar refractivity (Wildman–Crippen MR) is 162 cm³/mol. The summed E-state index contributed by atoms with van der Waals surface area (Å²) in [6.07, 6.45) is 6.46. The number of aromatic nitrogens is 5. The van der Waals surface area contributed by atoms with Crippen LogP contribution in [0.2, 0.25) is 0 Å². The normalized spacial score (nSPS) is 11.8. The van der Waals surface area contributed by atoms with Crippen molar-refractivity contribution in [2.24, 2.45) is 0 Å². The molecule has 1 N–H and O–H groups in total. The van der Waals surface area contributed by atoms with Crippen LogP contribution in [0.3, 0.4) is 0 Å². The number of imidazole rings is 1. The molecule has 0 saturated carbocycles. The fourth-order valence-electron chi connectivity index (χ4n) is 5.59. The van der Waals surface area contributed by atoms with Gasteiger partial charge in [0.05, 0.1) is 0 Å². The summed E-state index contributed by atoms with van der Waals surface area (Å²) in [6, 6.07) is 30.4. The summed E-state index contributed by atoms with van der Waals surface area (Å²) >= 11 is 4.34. The molecule has 0 unspecified atom stereocenters. The number of thiophene rings is 1. The third-order valence-corrected chi connectivity index (χ3v) is 9.87. The molecule has 0 radical (unpaired) electrons. The van der Waals surface area contributed by atoms with Crippen molar-refractivity contribution in [3.63, 3.8) is 0 Å². The molecular formula is C33H29N5PtS. The van der Waals surface area contributed by atoms with Gasteiger partial charge in [0.1, 0.15) is 0 Å². The molecule has 40 heavy (non-hydrogen) atoms. The van der Waals surface area contributed by atoms with Crippen molar-refractivity contribution in [2.75, 3.05) is 0 Å². The van der Waals surface area contributed by atoms with E-state index >= 15 is 0 Å². The topological polar surface area (TPSA) is 51.4 Å². The number of rotatable bonds is 8. The van der Waals surface area contributed by atoms with E-state index in [0.717, 1.165) is 60.5 Å². The van der Waals surface area contributed by atoms with Gasteiger partial charge in [-0.1, -0.05) is 0 Å². The number of hydrogen-bond acceptors (Lipinski definition) is 3. The van der Waals surface area contributed by atoms with Crippen LogP contribution in [0.15, 0.2) is 91.1 Å². The summed E-state index contributed by atoms with van der Waals surface area (Å²) in [4.78, 5) is 5.09. The first-order valence-corrected chi connectivity index (χ1v) is 15.7. The van der Waals surface area contributed by atoms with E-state index in [2.05, 4.69) is 131 Å². The third kappa shape index (κ3) is 4.59. The standard InChI is InChI=1S/C33H29N5S.Pt/c1-23-19-25(36-35-23)11-4-3-9-18-37-22-38(26-12-5-2-6-13-26)33-30(37)20-24(21-34-33)27-15-10-16-29-28-14-7-8-17-31(28)39-32(27)29;/h2,5-8,10,12-17,19-21H,3-4,9,11,18H2,1H3,(H,35,36);. The molecule has 0 saturated heterocycles. The molecule has 0 aliphatic heterocycles. The van der Waals surface area contributed by atoms with Crippen molar-refractivity contribution >= 4 is 42.7 Å². The second-order valence-corrected chi connectivity index (χ2v) is 12.3. The van der Waals surface area contributed by atoms with Gasteiger partial charge in [0.25, 0.3) is 0 Å². The average molecular weight is 723 g/mol. The maximum atomic E-state index is 5.09. The molecule has 202 valence electrons. The number of para-hydroxylation sites is 1. The molecule has 0 amide bonds. The van der Waals surface area contributed by atoms with Crippen LogP contribution in [-0.4, -0.2) is 24.3 Å². The van der Waals surface area contributed by atoms with Crippen molar-refractivity contribution in [3.8, 4) is 16.8 Å². The Morgan fingerprint density at radius 3 is 2.55 bits per heavy atom. The second kappa shape index (κ2) is 10.8. The number of H-pyrrole nitrogens is 1. The van der Waals surface area contributed by atoms with Gasteiger partial charge in [-0.05, 0) is 0 Å². The molecule has 7 heteroatoms. The van der Waals surface area contributed by atoms with Crippen molar-refractivity contribution in [2.45, 2.75) is 39.2 Å². The van der Waals surface area contributed by atoms with Crippen LogP contribution in [0.4, 0.5) is 0 Å². The molecule has 0 bridgehead atoms. The van der Waals surface area contributed by atoms with Crippen LogP contribution in [0, 0.1) is 10.7 Å². The fraction of sp³-hybridized carbons (Fsp3) is 0.182. The molecule has 4 heterocycles. The van der Waals surface area contributed by atoms with Crippen LogP contribution in [0.25, 0.3) is 48.2 Å². The number of pyridine rings is 1. The number of hydrogen-bond donors (Lipinski definition) is 1. The molecule has 3 aromatic carbocycles. The molecule has 0 aliphatic rings. The molecule has 5 nitrogen and oxygen atoms in total. The van der Waals surface area contributed by atoms with E-state index < -0.39 is 0 Å². The number of unbranched alkanes of at least 4 members (excludes halogenated alkanes) is 2. The molecule has 7 rings (SSSR count). The van der Waals surface area contributed by atoms with Gasteiger partial charge in [0, 0.05) is 0 Å². The number of aryl methyl sites for hydroxylation is 3. The van der Waals surface area contributed by atoms with Gasteiger partial charge >= 0.3 is 249 Å². The summed E-state index contributed by atoms with van der Waals surface area (Å²) in [5.74, 6) is 0. The first-order valence-electron chi connectivity index (χ1n) is 13.7. The van der Waals surface area contributed by atoms with E-state index in [9.17, 15) is 0 Å². The Labute approximate surface area is 247 Å². The Morgan fingerprint density at radius 1 is 0.875 bits per heavy atom. The summed E-state index contributed by atoms with van der Waals surface area (Å²) in [5, 5.41) is 10.1. The van der Waals surface area contributed by atoms with Gasteiger partial charge in [0.2, 0.25) is 0 Å². The van der Waals surface area contributed by atoms with E-state index in [-0.39, 0.29) is 0 Å². The van der Waals surface area contributed by atoms with E-state index in [0.29, 0.717) is 0 Å². The molecule has 0 atom stereocenters. The van der Waals surface area contributed by atoms with E-state index in [4.69, 9.17) is 4.98 Å². The fourth-order valence-corrected chi connectivity index (χ4v) is 7.89. The quantitative estimate of drug-likeness (QED) is 0.160. The monoisotopic (exact) mass is 722 g/mol. The van der Waals surface area contributed by atoms with Gasteiger partial charge in [-0.15, -0.1) is 0 Å². The van der Waals surface area contributed by atoms with Gasteiger partial charge < -0.3 is 0 Å². The molecule has 4 aromatic heterocycles. The predicted octanol–water partition coefficient (Wildman–Crippen LogP) is 8.39. The number of fused-ring (bicyclic) bond motifs is 4. The summed E-state index contributed by atoms with van der Waals surface area (Å²) in [6.45, 7) is 3.01.